The Morgan fingerprint density at radius 1 is 1.65 bits per heavy atom. The number of aryl methyl sites for hydroxylation is 2. The Morgan fingerprint density at radius 2 is 2.41 bits per heavy atom. The Kier molecular flexibility index (Phi) is 2.82. The Balaban J connectivity index is 2.10. The summed E-state index contributed by atoms with van der Waals surface area (Å²) in [6.45, 7) is 2.02. The van der Waals surface area contributed by atoms with E-state index in [1.807, 2.05) is 0 Å². The fourth-order valence-corrected chi connectivity index (χ4v) is 1.53. The van der Waals surface area contributed by atoms with Gasteiger partial charge in [0.05, 0.1) is 24.1 Å². The number of nitrogens with two attached hydrogens (primary N) is 1. The molecule has 0 saturated carbocycles. The molecule has 1 amide bonds. The highest BCUT2D eigenvalue weighted by Gasteiger charge is 2.17. The van der Waals surface area contributed by atoms with Gasteiger partial charge in [-0.1, -0.05) is 5.16 Å². The molecule has 0 aliphatic carbocycles. The van der Waals surface area contributed by atoms with E-state index in [1.54, 1.807) is 20.0 Å². The number of amides is 1. The van der Waals surface area contributed by atoms with Gasteiger partial charge in [-0.3, -0.25) is 9.48 Å². The van der Waals surface area contributed by atoms with Gasteiger partial charge in [0, 0.05) is 13.1 Å². The van der Waals surface area contributed by atoms with Crippen LogP contribution in [-0.4, -0.2) is 20.8 Å². The lowest BCUT2D eigenvalue weighted by atomic mass is 10.3. The Labute approximate surface area is 97.6 Å². The molecule has 2 heterocycles. The van der Waals surface area contributed by atoms with E-state index in [4.69, 9.17) is 10.3 Å². The molecule has 0 unspecified atom stereocenters. The molecule has 0 radical (unpaired) electrons. The molecule has 0 atom stereocenters. The zero-order valence-electron chi connectivity index (χ0n) is 9.60. The summed E-state index contributed by atoms with van der Waals surface area (Å²) in [5, 5.41) is 10.3. The molecule has 17 heavy (non-hydrogen) atoms. The fourth-order valence-electron chi connectivity index (χ4n) is 1.53. The third-order valence-corrected chi connectivity index (χ3v) is 2.40. The van der Waals surface area contributed by atoms with E-state index in [0.717, 1.165) is 0 Å². The summed E-state index contributed by atoms with van der Waals surface area (Å²) < 4.78 is 6.33. The van der Waals surface area contributed by atoms with E-state index in [1.165, 1.54) is 10.9 Å². The Hall–Kier alpha value is -2.31. The van der Waals surface area contributed by atoms with Crippen molar-refractivity contribution in [1.82, 2.24) is 20.3 Å². The van der Waals surface area contributed by atoms with Crippen molar-refractivity contribution in [1.29, 1.82) is 0 Å². The lowest BCUT2D eigenvalue weighted by molar-refractivity contribution is 0.0938. The van der Waals surface area contributed by atoms with Crippen molar-refractivity contribution in [2.24, 2.45) is 7.05 Å². The van der Waals surface area contributed by atoms with Crippen LogP contribution in [0.2, 0.25) is 0 Å². The molecule has 3 N–H and O–H groups in total. The number of hydrogen-bond acceptors (Lipinski definition) is 5. The largest absolute Gasteiger partial charge is 0.395 e. The zero-order chi connectivity index (χ0) is 12.4. The summed E-state index contributed by atoms with van der Waals surface area (Å²) in [5.41, 5.74) is 7.15. The number of carbonyl (C=O) groups is 1. The fraction of sp³-hybridized carbons (Fsp3) is 0.300. The number of anilines is 1. The molecule has 0 aromatic carbocycles. The van der Waals surface area contributed by atoms with Gasteiger partial charge in [-0.05, 0) is 6.92 Å². The van der Waals surface area contributed by atoms with Crippen molar-refractivity contribution in [3.05, 3.63) is 29.4 Å². The van der Waals surface area contributed by atoms with E-state index >= 15 is 0 Å². The van der Waals surface area contributed by atoms with Crippen molar-refractivity contribution >= 4 is 11.6 Å². The number of carbonyl (C=O) groups excluding carboxylic acids is 1. The first-order chi connectivity index (χ1) is 8.09. The Morgan fingerprint density at radius 3 is 2.94 bits per heavy atom. The molecular weight excluding hydrogens is 222 g/mol. The SMILES string of the molecule is Cc1nn(C)c(C(=O)NCc2ccno2)c1N. The second-order valence-electron chi connectivity index (χ2n) is 3.63. The number of aromatic nitrogens is 3. The second-order valence-corrected chi connectivity index (χ2v) is 3.63. The molecule has 7 heteroatoms. The van der Waals surface area contributed by atoms with Gasteiger partial charge in [0.1, 0.15) is 5.69 Å². The van der Waals surface area contributed by atoms with Crippen LogP contribution in [0.25, 0.3) is 0 Å². The first-order valence-electron chi connectivity index (χ1n) is 5.06. The molecule has 7 nitrogen and oxygen atoms in total. The van der Waals surface area contributed by atoms with E-state index in [9.17, 15) is 4.79 Å². The molecule has 0 fully saturated rings. The maximum absolute atomic E-state index is 11.9. The van der Waals surface area contributed by atoms with Gasteiger partial charge in [0.15, 0.2) is 5.76 Å². The van der Waals surface area contributed by atoms with Crippen molar-refractivity contribution in [2.45, 2.75) is 13.5 Å². The number of hydrogen-bond donors (Lipinski definition) is 2. The van der Waals surface area contributed by atoms with Gasteiger partial charge in [0.2, 0.25) is 0 Å². The van der Waals surface area contributed by atoms with Crippen LogP contribution >= 0.6 is 0 Å². The van der Waals surface area contributed by atoms with E-state index in [2.05, 4.69) is 15.6 Å². The van der Waals surface area contributed by atoms with Crippen LogP contribution in [0.5, 0.6) is 0 Å². The highest BCUT2D eigenvalue weighted by atomic mass is 16.5. The maximum atomic E-state index is 11.9. The number of nitrogens with one attached hydrogen (secondary N) is 1. The van der Waals surface area contributed by atoms with Crippen LogP contribution in [0.1, 0.15) is 21.9 Å². The molecule has 0 aliphatic heterocycles. The van der Waals surface area contributed by atoms with Gasteiger partial charge in [-0.25, -0.2) is 0 Å². The van der Waals surface area contributed by atoms with E-state index in [-0.39, 0.29) is 12.5 Å². The minimum atomic E-state index is -0.290. The number of rotatable bonds is 3. The molecule has 0 spiro atoms. The topological polar surface area (TPSA) is 99.0 Å². The summed E-state index contributed by atoms with van der Waals surface area (Å²) >= 11 is 0. The second kappa shape index (κ2) is 4.28. The van der Waals surface area contributed by atoms with Gasteiger partial charge in [-0.2, -0.15) is 5.10 Å². The van der Waals surface area contributed by atoms with Crippen LogP contribution in [0, 0.1) is 6.92 Å². The van der Waals surface area contributed by atoms with Crippen LogP contribution in [0.3, 0.4) is 0 Å². The normalized spacial score (nSPS) is 10.5. The minimum absolute atomic E-state index is 0.266. The van der Waals surface area contributed by atoms with Crippen LogP contribution in [0.15, 0.2) is 16.8 Å². The molecule has 0 saturated heterocycles. The van der Waals surface area contributed by atoms with Gasteiger partial charge < -0.3 is 15.6 Å². The van der Waals surface area contributed by atoms with Gasteiger partial charge in [-0.15, -0.1) is 0 Å². The number of nitrogens with zero attached hydrogens (tertiary/aromatic N) is 3. The zero-order valence-corrected chi connectivity index (χ0v) is 9.60. The quantitative estimate of drug-likeness (QED) is 0.793. The smallest absolute Gasteiger partial charge is 0.272 e. The maximum Gasteiger partial charge on any atom is 0.272 e. The third kappa shape index (κ3) is 2.12. The first-order valence-corrected chi connectivity index (χ1v) is 5.06. The molecule has 2 aromatic heterocycles. The Bertz CT molecular complexity index is 529. The highest BCUT2D eigenvalue weighted by molar-refractivity contribution is 5.97. The molecule has 90 valence electrons. The van der Waals surface area contributed by atoms with Crippen molar-refractivity contribution in [3.8, 4) is 0 Å². The summed E-state index contributed by atoms with van der Waals surface area (Å²) in [7, 11) is 1.67. The summed E-state index contributed by atoms with van der Waals surface area (Å²) in [6, 6.07) is 1.68. The number of nitrogen functional groups attached to an aromatic ring is 1. The average Bonchev–Trinajstić information content (AvgIpc) is 2.86. The van der Waals surface area contributed by atoms with Crippen molar-refractivity contribution in [3.63, 3.8) is 0 Å². The monoisotopic (exact) mass is 235 g/mol. The lowest BCUT2D eigenvalue weighted by Gasteiger charge is -2.04. The average molecular weight is 235 g/mol. The third-order valence-electron chi connectivity index (χ3n) is 2.40. The summed E-state index contributed by atoms with van der Waals surface area (Å²) in [5.74, 6) is 0.290. The predicted molar refractivity (Wildman–Crippen MR) is 60.0 cm³/mol. The van der Waals surface area contributed by atoms with Crippen molar-refractivity contribution < 1.29 is 9.32 Å². The standard InChI is InChI=1S/C10H13N5O2/c1-6-8(11)9(15(2)14-6)10(16)12-5-7-3-4-13-17-7/h3-4H,5,11H2,1-2H3,(H,12,16). The van der Waals surface area contributed by atoms with E-state index < -0.39 is 0 Å². The molecule has 0 aliphatic rings. The molecule has 2 aromatic rings. The van der Waals surface area contributed by atoms with Crippen LogP contribution in [-0.2, 0) is 13.6 Å². The molecule has 2 rings (SSSR count). The van der Waals surface area contributed by atoms with Gasteiger partial charge in [0.25, 0.3) is 5.91 Å². The predicted octanol–water partition coefficient (Wildman–Crippen LogP) is 0.229. The van der Waals surface area contributed by atoms with E-state index in [0.29, 0.717) is 22.8 Å². The first kappa shape index (κ1) is 11.2. The van der Waals surface area contributed by atoms with Crippen LogP contribution in [0.4, 0.5) is 5.69 Å². The summed E-state index contributed by atoms with van der Waals surface area (Å²) in [4.78, 5) is 11.9. The summed E-state index contributed by atoms with van der Waals surface area (Å²) in [6.07, 6.45) is 1.52. The molecular formula is C10H13N5O2. The molecule has 0 bridgehead atoms. The minimum Gasteiger partial charge on any atom is -0.395 e. The van der Waals surface area contributed by atoms with Gasteiger partial charge >= 0.3 is 0 Å². The lowest BCUT2D eigenvalue weighted by Crippen LogP contribution is -2.25. The van der Waals surface area contributed by atoms with Crippen molar-refractivity contribution in [2.75, 3.05) is 5.73 Å². The van der Waals surface area contributed by atoms with Crippen LogP contribution < -0.4 is 11.1 Å². The highest BCUT2D eigenvalue weighted by Crippen LogP contribution is 2.14.